The summed E-state index contributed by atoms with van der Waals surface area (Å²) in [6.45, 7) is 0.333. The summed E-state index contributed by atoms with van der Waals surface area (Å²) in [5.74, 6) is 1.36. The summed E-state index contributed by atoms with van der Waals surface area (Å²) >= 11 is 0. The predicted molar refractivity (Wildman–Crippen MR) is 118 cm³/mol. The van der Waals surface area contributed by atoms with Gasteiger partial charge in [0.25, 0.3) is 0 Å². The number of pyridine rings is 1. The first-order valence-corrected chi connectivity index (χ1v) is 11.0. The van der Waals surface area contributed by atoms with Gasteiger partial charge in [-0.1, -0.05) is 0 Å². The van der Waals surface area contributed by atoms with Gasteiger partial charge in [0.15, 0.2) is 0 Å². The van der Waals surface area contributed by atoms with E-state index >= 15 is 4.39 Å². The summed E-state index contributed by atoms with van der Waals surface area (Å²) in [6.07, 6.45) is 6.27. The van der Waals surface area contributed by atoms with Crippen LogP contribution in [0.3, 0.4) is 0 Å². The average molecular weight is 433 g/mol. The van der Waals surface area contributed by atoms with Gasteiger partial charge in [-0.25, -0.2) is 4.39 Å². The fourth-order valence-electron chi connectivity index (χ4n) is 5.17. The number of aromatic nitrogens is 3. The van der Waals surface area contributed by atoms with Gasteiger partial charge >= 0.3 is 0 Å². The Morgan fingerprint density at radius 1 is 1.09 bits per heavy atom. The number of rotatable bonds is 4. The molecule has 5 heterocycles. The Hall–Kier alpha value is -3.26. The van der Waals surface area contributed by atoms with Crippen LogP contribution in [0.1, 0.15) is 31.2 Å². The first kappa shape index (κ1) is 19.4. The van der Waals surface area contributed by atoms with Crippen molar-refractivity contribution >= 4 is 5.82 Å². The Morgan fingerprint density at radius 3 is 2.75 bits per heavy atom. The molecular weight excluding hydrogens is 409 g/mol. The molecule has 6 rings (SSSR count). The predicted octanol–water partition coefficient (Wildman–Crippen LogP) is 3.94. The van der Waals surface area contributed by atoms with Gasteiger partial charge in [0.05, 0.1) is 13.3 Å². The largest absolute Gasteiger partial charge is 0.480 e. The van der Waals surface area contributed by atoms with Crippen molar-refractivity contribution < 1.29 is 13.9 Å². The molecule has 0 amide bonds. The second kappa shape index (κ2) is 7.70. The Balaban J connectivity index is 1.28. The highest BCUT2D eigenvalue weighted by molar-refractivity contribution is 5.78. The van der Waals surface area contributed by atoms with Gasteiger partial charge < -0.3 is 20.1 Å². The fraction of sp³-hybridized carbons (Fsp3) is 0.375. The molecule has 2 bridgehead atoms. The van der Waals surface area contributed by atoms with Crippen LogP contribution in [-0.2, 0) is 6.61 Å². The average Bonchev–Trinajstić information content (AvgIpc) is 3.16. The zero-order valence-corrected chi connectivity index (χ0v) is 17.8. The number of nitrogens with zero attached hydrogens (tertiary/aromatic N) is 3. The van der Waals surface area contributed by atoms with Crippen molar-refractivity contribution in [3.8, 4) is 34.0 Å². The maximum atomic E-state index is 15.1. The van der Waals surface area contributed by atoms with E-state index in [9.17, 15) is 0 Å². The van der Waals surface area contributed by atoms with E-state index in [2.05, 4.69) is 20.8 Å². The van der Waals surface area contributed by atoms with Crippen molar-refractivity contribution in [1.82, 2.24) is 20.5 Å². The Kier molecular flexibility index (Phi) is 4.68. The summed E-state index contributed by atoms with van der Waals surface area (Å²) in [5, 5.41) is 15.0. The van der Waals surface area contributed by atoms with Crippen LogP contribution in [-0.4, -0.2) is 40.4 Å². The fourth-order valence-corrected chi connectivity index (χ4v) is 5.17. The van der Waals surface area contributed by atoms with Gasteiger partial charge in [0, 0.05) is 40.9 Å². The molecule has 3 aliphatic rings. The Labute approximate surface area is 185 Å². The normalized spacial score (nSPS) is 23.1. The van der Waals surface area contributed by atoms with Crippen LogP contribution in [0.5, 0.6) is 11.8 Å². The molecule has 0 aliphatic carbocycles. The number of hydrogen-bond donors (Lipinski definition) is 2. The SMILES string of the molecule is COc1cc(-c2cc3c(cc2F)-c2ccc(NC4C[C@H]5CC[C@@H](C4)N5)nc2OC3)cnn1. The quantitative estimate of drug-likeness (QED) is 0.645. The minimum absolute atomic E-state index is 0.333. The van der Waals surface area contributed by atoms with Gasteiger partial charge in [-0.3, -0.25) is 0 Å². The van der Waals surface area contributed by atoms with E-state index in [-0.39, 0.29) is 5.82 Å². The lowest BCUT2D eigenvalue weighted by atomic mass is 9.94. The Morgan fingerprint density at radius 2 is 1.94 bits per heavy atom. The van der Waals surface area contributed by atoms with E-state index in [1.54, 1.807) is 18.2 Å². The molecule has 2 N–H and O–H groups in total. The minimum Gasteiger partial charge on any atom is -0.480 e. The van der Waals surface area contributed by atoms with Crippen LogP contribution in [0.25, 0.3) is 22.3 Å². The van der Waals surface area contributed by atoms with Crippen LogP contribution in [0.15, 0.2) is 36.5 Å². The zero-order chi connectivity index (χ0) is 21.7. The van der Waals surface area contributed by atoms with Crippen LogP contribution < -0.4 is 20.1 Å². The van der Waals surface area contributed by atoms with Crippen LogP contribution >= 0.6 is 0 Å². The van der Waals surface area contributed by atoms with E-state index in [0.717, 1.165) is 35.3 Å². The summed E-state index contributed by atoms with van der Waals surface area (Å²) < 4.78 is 26.2. The molecule has 2 aromatic heterocycles. The number of hydrogen-bond acceptors (Lipinski definition) is 7. The molecule has 3 aromatic rings. The molecule has 2 fully saturated rings. The zero-order valence-electron chi connectivity index (χ0n) is 17.8. The molecular formula is C24H24FN5O2. The third kappa shape index (κ3) is 3.44. The lowest BCUT2D eigenvalue weighted by molar-refractivity contribution is 0.290. The number of piperidine rings is 1. The molecule has 0 radical (unpaired) electrons. The monoisotopic (exact) mass is 433 g/mol. The van der Waals surface area contributed by atoms with Gasteiger partial charge in [0.1, 0.15) is 18.2 Å². The number of benzene rings is 1. The highest BCUT2D eigenvalue weighted by atomic mass is 19.1. The van der Waals surface area contributed by atoms with Gasteiger partial charge in [0.2, 0.25) is 11.8 Å². The number of nitrogens with one attached hydrogen (secondary N) is 2. The number of anilines is 1. The number of fused-ring (bicyclic) bond motifs is 5. The van der Waals surface area contributed by atoms with Crippen molar-refractivity contribution in [3.63, 3.8) is 0 Å². The minimum atomic E-state index is -0.334. The highest BCUT2D eigenvalue weighted by Crippen LogP contribution is 2.40. The third-order valence-corrected chi connectivity index (χ3v) is 6.69. The number of ether oxygens (including phenoxy) is 2. The second-order valence-electron chi connectivity index (χ2n) is 8.76. The molecule has 0 spiro atoms. The molecule has 32 heavy (non-hydrogen) atoms. The maximum Gasteiger partial charge on any atom is 0.233 e. The summed E-state index contributed by atoms with van der Waals surface area (Å²) in [4.78, 5) is 4.70. The van der Waals surface area contributed by atoms with E-state index in [4.69, 9.17) is 14.5 Å². The second-order valence-corrected chi connectivity index (χ2v) is 8.76. The Bertz CT molecular complexity index is 1180. The van der Waals surface area contributed by atoms with Gasteiger partial charge in [-0.2, -0.15) is 10.1 Å². The topological polar surface area (TPSA) is 81.2 Å². The van der Waals surface area contributed by atoms with Gasteiger partial charge in [-0.05, 0) is 61.1 Å². The van der Waals surface area contributed by atoms with Crippen molar-refractivity contribution in [2.24, 2.45) is 0 Å². The van der Waals surface area contributed by atoms with Crippen LogP contribution in [0.4, 0.5) is 10.2 Å². The number of methoxy groups -OCH3 is 1. The van der Waals surface area contributed by atoms with Crippen LogP contribution in [0.2, 0.25) is 0 Å². The van der Waals surface area contributed by atoms with Crippen molar-refractivity contribution in [2.45, 2.75) is 50.4 Å². The molecule has 164 valence electrons. The van der Waals surface area contributed by atoms with E-state index < -0.39 is 0 Å². The third-order valence-electron chi connectivity index (χ3n) is 6.69. The molecule has 8 heteroatoms. The lowest BCUT2D eigenvalue weighted by Gasteiger charge is -2.30. The molecule has 1 unspecified atom stereocenters. The molecule has 3 atom stereocenters. The molecule has 2 saturated heterocycles. The highest BCUT2D eigenvalue weighted by Gasteiger charge is 2.33. The summed E-state index contributed by atoms with van der Waals surface area (Å²) in [7, 11) is 1.51. The standard InChI is InChI=1S/C24H24FN5O2/c1-31-23-7-13(11-26-30-23)20-6-14-12-32-24-18(19(14)10-21(20)25)4-5-22(29-24)28-17-8-15-2-3-16(9-17)27-15/h4-7,10-11,15-17,27H,2-3,8-9,12H2,1H3,(H,28,29)/t15-,16+,17?. The maximum absolute atomic E-state index is 15.1. The molecule has 7 nitrogen and oxygen atoms in total. The summed E-state index contributed by atoms with van der Waals surface area (Å²) in [6, 6.07) is 10.6. The van der Waals surface area contributed by atoms with E-state index in [1.165, 1.54) is 26.1 Å². The van der Waals surface area contributed by atoms with Crippen molar-refractivity contribution in [1.29, 1.82) is 0 Å². The first-order valence-electron chi connectivity index (χ1n) is 11.0. The first-order chi connectivity index (χ1) is 15.7. The smallest absolute Gasteiger partial charge is 0.233 e. The van der Waals surface area contributed by atoms with E-state index in [1.807, 2.05) is 12.1 Å². The summed E-state index contributed by atoms with van der Waals surface area (Å²) in [5.41, 5.74) is 3.56. The number of halogens is 1. The van der Waals surface area contributed by atoms with Crippen molar-refractivity contribution in [3.05, 3.63) is 47.9 Å². The van der Waals surface area contributed by atoms with Crippen molar-refractivity contribution in [2.75, 3.05) is 12.4 Å². The molecule has 0 saturated carbocycles. The molecule has 3 aliphatic heterocycles. The van der Waals surface area contributed by atoms with Crippen LogP contribution in [0, 0.1) is 5.82 Å². The van der Waals surface area contributed by atoms with Gasteiger partial charge in [-0.15, -0.1) is 5.10 Å². The van der Waals surface area contributed by atoms with E-state index in [0.29, 0.717) is 47.6 Å². The molecule has 1 aromatic carbocycles. The lowest BCUT2D eigenvalue weighted by Crippen LogP contribution is -2.43.